The van der Waals surface area contributed by atoms with Crippen molar-refractivity contribution in [2.45, 2.75) is 24.9 Å². The van der Waals surface area contributed by atoms with Gasteiger partial charge in [-0.15, -0.1) is 0 Å². The number of nitrogens with zero attached hydrogens (tertiary/aromatic N) is 2. The molecular weight excluding hydrogens is 462 g/mol. The number of aromatic amines is 2. The van der Waals surface area contributed by atoms with Gasteiger partial charge in [0.25, 0.3) is 5.56 Å². The van der Waals surface area contributed by atoms with Gasteiger partial charge in [-0.3, -0.25) is 14.2 Å². The number of hydrogen-bond donors (Lipinski definition) is 3. The van der Waals surface area contributed by atoms with Gasteiger partial charge in [-0.2, -0.15) is 0 Å². The maximum Gasteiger partial charge on any atom is 0.323 e. The van der Waals surface area contributed by atoms with Crippen LogP contribution < -0.4 is 16.6 Å². The van der Waals surface area contributed by atoms with E-state index in [0.717, 1.165) is 11.3 Å². The van der Waals surface area contributed by atoms with Gasteiger partial charge in [0, 0.05) is 5.69 Å². The SMILES string of the molecule is CC(C)c1ccccc1-n1c(SCC(=O)Nc2ccc3[nH]c(=O)[nH]c3c2)nc2ccccc2c1=O. The fourth-order valence-electron chi connectivity index (χ4n) is 4.04. The number of anilines is 1. The van der Waals surface area contributed by atoms with E-state index in [4.69, 9.17) is 4.98 Å². The van der Waals surface area contributed by atoms with Crippen molar-refractivity contribution in [3.63, 3.8) is 0 Å². The maximum absolute atomic E-state index is 13.6. The van der Waals surface area contributed by atoms with Crippen molar-refractivity contribution in [3.05, 3.63) is 93.1 Å². The van der Waals surface area contributed by atoms with Crippen molar-refractivity contribution in [1.82, 2.24) is 19.5 Å². The van der Waals surface area contributed by atoms with Crippen LogP contribution in [0.5, 0.6) is 0 Å². The molecule has 0 aliphatic heterocycles. The van der Waals surface area contributed by atoms with Crippen molar-refractivity contribution in [1.29, 1.82) is 0 Å². The summed E-state index contributed by atoms with van der Waals surface area (Å²) in [7, 11) is 0. The van der Waals surface area contributed by atoms with Gasteiger partial charge in [-0.25, -0.2) is 9.78 Å². The Kier molecular flexibility index (Phi) is 6.00. The first kappa shape index (κ1) is 22.7. The summed E-state index contributed by atoms with van der Waals surface area (Å²) in [5.41, 5.74) is 3.72. The number of thioether (sulfide) groups is 1. The Labute approximate surface area is 204 Å². The molecule has 3 aromatic carbocycles. The number of hydrogen-bond acceptors (Lipinski definition) is 5. The first-order chi connectivity index (χ1) is 16.9. The van der Waals surface area contributed by atoms with E-state index in [2.05, 4.69) is 29.1 Å². The van der Waals surface area contributed by atoms with Crippen LogP contribution in [0.15, 0.2) is 81.5 Å². The standard InChI is InChI=1S/C26H23N5O3S/c1-15(2)17-7-4-6-10-22(17)31-24(33)18-8-3-5-9-19(18)30-26(31)35-14-23(32)27-16-11-12-20-21(13-16)29-25(34)28-20/h3-13,15H,14H2,1-2H3,(H,27,32)(H2,28,29,34). The van der Waals surface area contributed by atoms with Crippen LogP contribution in [0.3, 0.4) is 0 Å². The van der Waals surface area contributed by atoms with E-state index >= 15 is 0 Å². The van der Waals surface area contributed by atoms with E-state index < -0.39 is 0 Å². The summed E-state index contributed by atoms with van der Waals surface area (Å²) < 4.78 is 1.60. The second kappa shape index (κ2) is 9.27. The molecule has 35 heavy (non-hydrogen) atoms. The van der Waals surface area contributed by atoms with Crippen LogP contribution in [-0.4, -0.2) is 31.2 Å². The molecule has 2 heterocycles. The van der Waals surface area contributed by atoms with E-state index in [-0.39, 0.29) is 28.8 Å². The van der Waals surface area contributed by atoms with Gasteiger partial charge in [0.1, 0.15) is 0 Å². The number of amides is 1. The molecule has 0 unspecified atom stereocenters. The lowest BCUT2D eigenvalue weighted by Crippen LogP contribution is -2.24. The Morgan fingerprint density at radius 1 is 1.00 bits per heavy atom. The van der Waals surface area contributed by atoms with Gasteiger partial charge in [0.05, 0.1) is 33.4 Å². The topological polar surface area (TPSA) is 113 Å². The molecule has 0 bridgehead atoms. The summed E-state index contributed by atoms with van der Waals surface area (Å²) in [5.74, 6) is -0.00472. The molecule has 8 nitrogen and oxygen atoms in total. The molecule has 0 saturated heterocycles. The molecule has 3 N–H and O–H groups in total. The number of aromatic nitrogens is 4. The smallest absolute Gasteiger partial charge is 0.323 e. The lowest BCUT2D eigenvalue weighted by molar-refractivity contribution is -0.113. The molecule has 2 aromatic heterocycles. The van der Waals surface area contributed by atoms with Crippen LogP contribution in [0.1, 0.15) is 25.3 Å². The molecule has 0 aliphatic carbocycles. The predicted molar refractivity (Wildman–Crippen MR) is 140 cm³/mol. The second-order valence-electron chi connectivity index (χ2n) is 8.44. The summed E-state index contributed by atoms with van der Waals surface area (Å²) in [6.07, 6.45) is 0. The molecule has 0 saturated carbocycles. The first-order valence-electron chi connectivity index (χ1n) is 11.2. The van der Waals surface area contributed by atoms with Gasteiger partial charge in [0.2, 0.25) is 5.91 Å². The van der Waals surface area contributed by atoms with Crippen LogP contribution in [0.4, 0.5) is 5.69 Å². The molecule has 0 radical (unpaired) electrons. The highest BCUT2D eigenvalue weighted by Gasteiger charge is 2.18. The summed E-state index contributed by atoms with van der Waals surface area (Å²) in [6, 6.07) is 20.1. The molecule has 0 atom stereocenters. The zero-order chi connectivity index (χ0) is 24.5. The molecule has 0 fully saturated rings. The fourth-order valence-corrected chi connectivity index (χ4v) is 4.84. The summed E-state index contributed by atoms with van der Waals surface area (Å²) in [5, 5.41) is 3.81. The van der Waals surface area contributed by atoms with Gasteiger partial charge >= 0.3 is 5.69 Å². The van der Waals surface area contributed by atoms with Crippen LogP contribution in [-0.2, 0) is 4.79 Å². The molecule has 1 amide bonds. The Hall–Kier alpha value is -4.11. The van der Waals surface area contributed by atoms with E-state index in [1.54, 1.807) is 34.9 Å². The third-order valence-corrected chi connectivity index (χ3v) is 6.62. The molecule has 0 aliphatic rings. The number of para-hydroxylation sites is 2. The largest absolute Gasteiger partial charge is 0.325 e. The number of H-pyrrole nitrogens is 2. The van der Waals surface area contributed by atoms with Crippen LogP contribution >= 0.6 is 11.8 Å². The lowest BCUT2D eigenvalue weighted by Gasteiger charge is -2.18. The van der Waals surface area contributed by atoms with Crippen molar-refractivity contribution in [2.75, 3.05) is 11.1 Å². The molecular formula is C26H23N5O3S. The van der Waals surface area contributed by atoms with Gasteiger partial charge in [-0.1, -0.05) is 55.9 Å². The van der Waals surface area contributed by atoms with Crippen LogP contribution in [0.25, 0.3) is 27.6 Å². The highest BCUT2D eigenvalue weighted by atomic mass is 32.2. The average Bonchev–Trinajstić information content (AvgIpc) is 3.22. The first-order valence-corrected chi connectivity index (χ1v) is 12.1. The quantitative estimate of drug-likeness (QED) is 0.244. The summed E-state index contributed by atoms with van der Waals surface area (Å²) in [6.45, 7) is 4.15. The normalized spacial score (nSPS) is 11.4. The maximum atomic E-state index is 13.6. The van der Waals surface area contributed by atoms with Crippen molar-refractivity contribution in [2.24, 2.45) is 0 Å². The Balaban J connectivity index is 1.48. The van der Waals surface area contributed by atoms with Gasteiger partial charge < -0.3 is 15.3 Å². The molecule has 5 rings (SSSR count). The molecule has 9 heteroatoms. The van der Waals surface area contributed by atoms with Crippen molar-refractivity contribution < 1.29 is 4.79 Å². The highest BCUT2D eigenvalue weighted by molar-refractivity contribution is 7.99. The Bertz CT molecular complexity index is 1680. The van der Waals surface area contributed by atoms with Crippen LogP contribution in [0, 0.1) is 0 Å². The zero-order valence-electron chi connectivity index (χ0n) is 19.2. The summed E-state index contributed by atoms with van der Waals surface area (Å²) in [4.78, 5) is 47.9. The van der Waals surface area contributed by atoms with E-state index in [0.29, 0.717) is 32.8 Å². The zero-order valence-corrected chi connectivity index (χ0v) is 20.0. The monoisotopic (exact) mass is 485 g/mol. The average molecular weight is 486 g/mol. The van der Waals surface area contributed by atoms with E-state index in [9.17, 15) is 14.4 Å². The van der Waals surface area contributed by atoms with Gasteiger partial charge in [-0.05, 0) is 47.9 Å². The highest BCUT2D eigenvalue weighted by Crippen LogP contribution is 2.27. The third-order valence-electron chi connectivity index (χ3n) is 5.68. The number of fused-ring (bicyclic) bond motifs is 2. The van der Waals surface area contributed by atoms with E-state index in [1.807, 2.05) is 36.4 Å². The van der Waals surface area contributed by atoms with Crippen molar-refractivity contribution >= 4 is 45.3 Å². The number of carbonyl (C=O) groups excluding carboxylic acids is 1. The molecule has 0 spiro atoms. The van der Waals surface area contributed by atoms with Crippen LogP contribution in [0.2, 0.25) is 0 Å². The number of imidazole rings is 1. The molecule has 5 aromatic rings. The number of benzene rings is 3. The van der Waals surface area contributed by atoms with E-state index in [1.165, 1.54) is 11.8 Å². The third kappa shape index (κ3) is 4.50. The number of nitrogens with one attached hydrogen (secondary N) is 3. The number of rotatable bonds is 6. The summed E-state index contributed by atoms with van der Waals surface area (Å²) >= 11 is 1.20. The minimum Gasteiger partial charge on any atom is -0.325 e. The molecule has 176 valence electrons. The Morgan fingerprint density at radius 2 is 1.74 bits per heavy atom. The predicted octanol–water partition coefficient (Wildman–Crippen LogP) is 4.41. The Morgan fingerprint density at radius 3 is 2.57 bits per heavy atom. The second-order valence-corrected chi connectivity index (χ2v) is 9.38. The number of carbonyl (C=O) groups is 1. The minimum absolute atomic E-state index is 0.0519. The van der Waals surface area contributed by atoms with Gasteiger partial charge in [0.15, 0.2) is 5.16 Å². The lowest BCUT2D eigenvalue weighted by atomic mass is 10.0. The van der Waals surface area contributed by atoms with Crippen molar-refractivity contribution in [3.8, 4) is 5.69 Å². The minimum atomic E-state index is -0.305. The fraction of sp³-hybridized carbons (Fsp3) is 0.154.